The van der Waals surface area contributed by atoms with E-state index in [0.29, 0.717) is 64.7 Å². The topological polar surface area (TPSA) is 123 Å². The zero-order valence-electron chi connectivity index (χ0n) is 37.3. The number of carbonyl (C=O) groups excluding carboxylic acids is 2. The van der Waals surface area contributed by atoms with Crippen LogP contribution in [0.5, 0.6) is 11.5 Å². The second kappa shape index (κ2) is 17.7. The van der Waals surface area contributed by atoms with Gasteiger partial charge in [0.05, 0.1) is 52.6 Å². The zero-order valence-corrected chi connectivity index (χ0v) is 37.3. The van der Waals surface area contributed by atoms with Gasteiger partial charge in [0.1, 0.15) is 51.6 Å². The average molecular weight is 869 g/mol. The normalized spacial score (nSPS) is 25.7. The summed E-state index contributed by atoms with van der Waals surface area (Å²) < 4.78 is 62.1. The molecule has 0 bridgehead atoms. The SMILES string of the molecule is CC(C)(C)OC(=O)N1CC2(C[C@H](N3CCC(c4cc(F)ccc4O)CC3)CO2)C1.CC(C)(C)OC(=O)N1CC2(C[C@H](N3CCC(c4cc(F)ccc4OC4COC4)CC3)CO2)C1. The van der Waals surface area contributed by atoms with E-state index < -0.39 is 11.2 Å². The van der Waals surface area contributed by atoms with Crippen molar-refractivity contribution in [3.05, 3.63) is 59.2 Å². The Kier molecular flexibility index (Phi) is 12.8. The van der Waals surface area contributed by atoms with Crippen LogP contribution in [0.1, 0.15) is 103 Å². The maximum absolute atomic E-state index is 14.0. The summed E-state index contributed by atoms with van der Waals surface area (Å²) in [5.41, 5.74) is 0.260. The van der Waals surface area contributed by atoms with E-state index in [-0.39, 0.29) is 58.7 Å². The summed E-state index contributed by atoms with van der Waals surface area (Å²) in [6.45, 7) is 19.9. The molecular formula is C47H66F2N4O9. The number of nitrogens with zero attached hydrogens (tertiary/aromatic N) is 4. The number of hydrogen-bond donors (Lipinski definition) is 1. The highest BCUT2D eigenvalue weighted by Crippen LogP contribution is 2.43. The van der Waals surface area contributed by atoms with Gasteiger partial charge in [0, 0.05) is 17.6 Å². The molecule has 0 aromatic heterocycles. The van der Waals surface area contributed by atoms with Crippen LogP contribution in [0, 0.1) is 11.6 Å². The number of phenolic OH excluding ortho intramolecular Hbond substituents is 1. The Morgan fingerprint density at radius 2 is 1.10 bits per heavy atom. The van der Waals surface area contributed by atoms with Gasteiger partial charge in [-0.25, -0.2) is 18.4 Å². The highest BCUT2D eigenvalue weighted by Gasteiger charge is 2.54. The first-order chi connectivity index (χ1) is 29.3. The van der Waals surface area contributed by atoms with Crippen molar-refractivity contribution in [2.24, 2.45) is 0 Å². The lowest BCUT2D eigenvalue weighted by atomic mass is 9.86. The van der Waals surface area contributed by atoms with Gasteiger partial charge in [-0.3, -0.25) is 9.80 Å². The number of benzene rings is 2. The van der Waals surface area contributed by atoms with Crippen molar-refractivity contribution in [1.29, 1.82) is 0 Å². The quantitative estimate of drug-likeness (QED) is 0.322. The van der Waals surface area contributed by atoms with Crippen LogP contribution in [0.4, 0.5) is 18.4 Å². The van der Waals surface area contributed by atoms with Crippen molar-refractivity contribution < 1.29 is 51.9 Å². The molecule has 0 saturated carbocycles. The summed E-state index contributed by atoms with van der Waals surface area (Å²) in [5, 5.41) is 10.1. The number of likely N-dealkylation sites (tertiary alicyclic amines) is 4. The van der Waals surface area contributed by atoms with Crippen molar-refractivity contribution >= 4 is 12.2 Å². The Labute approximate surface area is 364 Å². The second-order valence-electron chi connectivity index (χ2n) is 20.7. The van der Waals surface area contributed by atoms with Crippen molar-refractivity contribution in [1.82, 2.24) is 19.6 Å². The standard InChI is InChI=1S/C25H35FN2O5.C22H31FN2O4/c1-24(2,3)33-23(29)28-15-25(16-28)11-19(12-31-25)27-8-6-17(7-9-27)21-10-18(26)4-5-22(21)32-20-13-30-14-20;1-21(2,3)29-20(27)25-13-22(14-25)11-17(12-28-22)24-8-6-15(7-9-24)18-10-16(23)4-5-19(18)26/h4-5,10,17,19-20H,6-9,11-16H2,1-3H3;4-5,10,15,17,26H,6-9,11-14H2,1-3H3/t19-;17-/m00/s1. The average Bonchev–Trinajstić information content (AvgIpc) is 3.83. The molecule has 13 nitrogen and oxygen atoms in total. The third-order valence-electron chi connectivity index (χ3n) is 13.4. The maximum atomic E-state index is 14.0. The van der Waals surface area contributed by atoms with Gasteiger partial charge >= 0.3 is 12.2 Å². The van der Waals surface area contributed by atoms with Crippen LogP contribution in [-0.2, 0) is 23.7 Å². The van der Waals surface area contributed by atoms with Crippen LogP contribution < -0.4 is 4.74 Å². The van der Waals surface area contributed by atoms with Crippen LogP contribution in [0.25, 0.3) is 0 Å². The third-order valence-corrected chi connectivity index (χ3v) is 13.4. The minimum absolute atomic E-state index is 0.0730. The highest BCUT2D eigenvalue weighted by atomic mass is 19.1. The number of hydrogen-bond acceptors (Lipinski definition) is 11. The molecule has 7 fully saturated rings. The van der Waals surface area contributed by atoms with Crippen LogP contribution >= 0.6 is 0 Å². The first-order valence-corrected chi connectivity index (χ1v) is 22.6. The Morgan fingerprint density at radius 1 is 0.661 bits per heavy atom. The molecule has 1 N–H and O–H groups in total. The molecule has 2 aromatic carbocycles. The number of carbonyl (C=O) groups is 2. The summed E-state index contributed by atoms with van der Waals surface area (Å²) in [5.74, 6) is 0.939. The van der Waals surface area contributed by atoms with E-state index in [1.807, 2.05) is 41.5 Å². The van der Waals surface area contributed by atoms with Crippen LogP contribution in [0.15, 0.2) is 36.4 Å². The van der Waals surface area contributed by atoms with E-state index in [1.165, 1.54) is 24.3 Å². The van der Waals surface area contributed by atoms with Gasteiger partial charge in [0.2, 0.25) is 0 Å². The molecule has 7 heterocycles. The van der Waals surface area contributed by atoms with Gasteiger partial charge in [0.25, 0.3) is 0 Å². The lowest BCUT2D eigenvalue weighted by Gasteiger charge is -2.47. The Balaban J connectivity index is 0.000000172. The van der Waals surface area contributed by atoms with E-state index in [0.717, 1.165) is 81.6 Å². The lowest BCUT2D eigenvalue weighted by molar-refractivity contribution is -0.109. The molecule has 2 aromatic rings. The van der Waals surface area contributed by atoms with Gasteiger partial charge in [-0.1, -0.05) is 0 Å². The molecule has 9 rings (SSSR count). The summed E-state index contributed by atoms with van der Waals surface area (Å²) in [7, 11) is 0. The second-order valence-corrected chi connectivity index (χ2v) is 20.7. The molecule has 2 amide bonds. The molecular weight excluding hydrogens is 803 g/mol. The van der Waals surface area contributed by atoms with E-state index in [1.54, 1.807) is 21.9 Å². The summed E-state index contributed by atoms with van der Waals surface area (Å²) in [6, 6.07) is 9.78. The van der Waals surface area contributed by atoms with Gasteiger partial charge < -0.3 is 43.3 Å². The number of rotatable bonds is 6. The van der Waals surface area contributed by atoms with Crippen LogP contribution in [0.2, 0.25) is 0 Å². The molecule has 7 saturated heterocycles. The summed E-state index contributed by atoms with van der Waals surface area (Å²) in [6.07, 6.45) is 5.12. The minimum Gasteiger partial charge on any atom is -0.508 e. The molecule has 7 aliphatic heterocycles. The van der Waals surface area contributed by atoms with Gasteiger partial charge in [-0.05, 0) is 160 Å². The molecule has 2 atom stereocenters. The Hall–Kier alpha value is -3.76. The van der Waals surface area contributed by atoms with Crippen molar-refractivity contribution in [2.75, 3.05) is 78.8 Å². The van der Waals surface area contributed by atoms with Crippen molar-refractivity contribution in [3.8, 4) is 11.5 Å². The van der Waals surface area contributed by atoms with E-state index in [4.69, 9.17) is 28.4 Å². The van der Waals surface area contributed by atoms with E-state index in [9.17, 15) is 23.5 Å². The Bertz CT molecular complexity index is 1910. The molecule has 62 heavy (non-hydrogen) atoms. The highest BCUT2D eigenvalue weighted by molar-refractivity contribution is 5.70. The molecule has 0 aliphatic carbocycles. The number of amides is 2. The van der Waals surface area contributed by atoms with E-state index in [2.05, 4.69) is 9.80 Å². The number of ether oxygens (including phenoxy) is 6. The lowest BCUT2D eigenvalue weighted by Crippen LogP contribution is -2.64. The molecule has 0 unspecified atom stereocenters. The molecule has 342 valence electrons. The smallest absolute Gasteiger partial charge is 0.410 e. The first kappa shape index (κ1) is 44.8. The number of halogens is 2. The van der Waals surface area contributed by atoms with Crippen LogP contribution in [0.3, 0.4) is 0 Å². The van der Waals surface area contributed by atoms with Gasteiger partial charge in [0.15, 0.2) is 0 Å². The third kappa shape index (κ3) is 10.4. The van der Waals surface area contributed by atoms with Gasteiger partial charge in [-0.2, -0.15) is 0 Å². The largest absolute Gasteiger partial charge is 0.508 e. The predicted molar refractivity (Wildman–Crippen MR) is 227 cm³/mol. The fourth-order valence-electron chi connectivity index (χ4n) is 10.2. The fraction of sp³-hybridized carbons (Fsp3) is 0.702. The predicted octanol–water partition coefficient (Wildman–Crippen LogP) is 7.05. The number of piperidine rings is 2. The zero-order chi connectivity index (χ0) is 44.0. The summed E-state index contributed by atoms with van der Waals surface area (Å²) in [4.78, 5) is 32.8. The molecule has 15 heteroatoms. The van der Waals surface area contributed by atoms with Gasteiger partial charge in [-0.15, -0.1) is 0 Å². The first-order valence-electron chi connectivity index (χ1n) is 22.6. The molecule has 2 spiro atoms. The fourth-order valence-corrected chi connectivity index (χ4v) is 10.2. The number of phenols is 1. The van der Waals surface area contributed by atoms with Crippen LogP contribution in [-0.4, -0.2) is 156 Å². The Morgan fingerprint density at radius 3 is 1.53 bits per heavy atom. The molecule has 0 radical (unpaired) electrons. The minimum atomic E-state index is -0.487. The van der Waals surface area contributed by atoms with Crippen molar-refractivity contribution in [2.45, 2.75) is 132 Å². The maximum Gasteiger partial charge on any atom is 0.410 e. The molecule has 7 aliphatic rings. The summed E-state index contributed by atoms with van der Waals surface area (Å²) >= 11 is 0. The van der Waals surface area contributed by atoms with E-state index >= 15 is 0 Å². The van der Waals surface area contributed by atoms with Crippen molar-refractivity contribution in [3.63, 3.8) is 0 Å². The monoisotopic (exact) mass is 868 g/mol. The number of aromatic hydroxyl groups is 1.